The van der Waals surface area contributed by atoms with Crippen molar-refractivity contribution >= 4 is 17.7 Å². The first-order valence-corrected chi connectivity index (χ1v) is 5.96. The first-order chi connectivity index (χ1) is 9.21. The Morgan fingerprint density at radius 3 is 2.55 bits per heavy atom. The van der Waals surface area contributed by atoms with E-state index in [4.69, 9.17) is 15.1 Å². The average Bonchev–Trinajstić information content (AvgIpc) is 2.25. The van der Waals surface area contributed by atoms with E-state index in [1.807, 2.05) is 6.07 Å². The summed E-state index contributed by atoms with van der Waals surface area (Å²) in [7, 11) is 0. The number of nitriles is 1. The van der Waals surface area contributed by atoms with Gasteiger partial charge >= 0.3 is 12.1 Å². The molecule has 2 N–H and O–H groups in total. The summed E-state index contributed by atoms with van der Waals surface area (Å²) >= 11 is 0. The topological polar surface area (TPSA) is 99.4 Å². The van der Waals surface area contributed by atoms with E-state index in [0.717, 1.165) is 0 Å². The van der Waals surface area contributed by atoms with Crippen LogP contribution < -0.4 is 5.32 Å². The lowest BCUT2D eigenvalue weighted by Crippen LogP contribution is -2.27. The molecule has 1 rings (SSSR count). The Bertz CT molecular complexity index is 568. The highest BCUT2D eigenvalue weighted by Crippen LogP contribution is 2.19. The smallest absolute Gasteiger partial charge is 0.412 e. The number of carboxylic acid groups (broad SMARTS) is 1. The molecule has 106 valence electrons. The molecular formula is C14H16N2O4. The monoisotopic (exact) mass is 276 g/mol. The summed E-state index contributed by atoms with van der Waals surface area (Å²) in [5.41, 5.74) is 0.309. The molecule has 1 aromatic carbocycles. The molecular weight excluding hydrogens is 260 g/mol. The Morgan fingerprint density at radius 2 is 2.05 bits per heavy atom. The third kappa shape index (κ3) is 4.98. The maximum Gasteiger partial charge on any atom is 0.412 e. The normalized spacial score (nSPS) is 10.5. The van der Waals surface area contributed by atoms with Crippen LogP contribution in [-0.4, -0.2) is 22.8 Å². The molecule has 0 unspecified atom stereocenters. The number of ether oxygens (including phenoxy) is 1. The van der Waals surface area contributed by atoms with Gasteiger partial charge in [0.15, 0.2) is 0 Å². The molecule has 0 heterocycles. The maximum atomic E-state index is 11.7. The third-order valence-corrected chi connectivity index (χ3v) is 2.20. The number of benzene rings is 1. The zero-order chi connectivity index (χ0) is 15.3. The van der Waals surface area contributed by atoms with Crippen molar-refractivity contribution in [3.63, 3.8) is 0 Å². The van der Waals surface area contributed by atoms with Crippen LogP contribution >= 0.6 is 0 Å². The van der Waals surface area contributed by atoms with Gasteiger partial charge in [-0.2, -0.15) is 5.26 Å². The van der Waals surface area contributed by atoms with Gasteiger partial charge in [-0.3, -0.25) is 10.1 Å². The number of carboxylic acids is 1. The van der Waals surface area contributed by atoms with Gasteiger partial charge in [0, 0.05) is 0 Å². The fourth-order valence-electron chi connectivity index (χ4n) is 1.49. The molecule has 0 bridgehead atoms. The van der Waals surface area contributed by atoms with Crippen molar-refractivity contribution in [3.05, 3.63) is 29.3 Å². The van der Waals surface area contributed by atoms with Gasteiger partial charge in [0.25, 0.3) is 0 Å². The van der Waals surface area contributed by atoms with Crippen LogP contribution in [0.4, 0.5) is 10.5 Å². The summed E-state index contributed by atoms with van der Waals surface area (Å²) in [6.07, 6.45) is -0.879. The largest absolute Gasteiger partial charge is 0.481 e. The van der Waals surface area contributed by atoms with Crippen LogP contribution in [0.25, 0.3) is 0 Å². The Kier molecular flexibility index (Phi) is 4.70. The molecule has 20 heavy (non-hydrogen) atoms. The minimum atomic E-state index is -0.988. The molecule has 0 radical (unpaired) electrons. The lowest BCUT2D eigenvalue weighted by Gasteiger charge is -2.20. The average molecular weight is 276 g/mol. The SMILES string of the molecule is CC(C)(C)OC(=O)Nc1cc(CC(=O)O)ccc1C#N. The lowest BCUT2D eigenvalue weighted by molar-refractivity contribution is -0.136. The van der Waals surface area contributed by atoms with E-state index in [9.17, 15) is 9.59 Å². The fourth-order valence-corrected chi connectivity index (χ4v) is 1.49. The van der Waals surface area contributed by atoms with E-state index in [1.54, 1.807) is 20.8 Å². The zero-order valence-corrected chi connectivity index (χ0v) is 11.6. The first kappa shape index (κ1) is 15.5. The van der Waals surface area contributed by atoms with Crippen LogP contribution in [0, 0.1) is 11.3 Å². The van der Waals surface area contributed by atoms with E-state index in [-0.39, 0.29) is 17.7 Å². The number of rotatable bonds is 3. The van der Waals surface area contributed by atoms with Gasteiger partial charge in [0.05, 0.1) is 17.7 Å². The van der Waals surface area contributed by atoms with Crippen molar-refractivity contribution in [1.82, 2.24) is 0 Å². The minimum Gasteiger partial charge on any atom is -0.481 e. The molecule has 0 saturated heterocycles. The molecule has 0 aromatic heterocycles. The van der Waals surface area contributed by atoms with Crippen LogP contribution in [0.2, 0.25) is 0 Å². The highest BCUT2D eigenvalue weighted by atomic mass is 16.6. The Hall–Kier alpha value is -2.55. The second-order valence-electron chi connectivity index (χ2n) is 5.19. The van der Waals surface area contributed by atoms with E-state index < -0.39 is 17.7 Å². The summed E-state index contributed by atoms with van der Waals surface area (Å²) in [4.78, 5) is 22.3. The Morgan fingerprint density at radius 1 is 1.40 bits per heavy atom. The van der Waals surface area contributed by atoms with Gasteiger partial charge in [-0.15, -0.1) is 0 Å². The highest BCUT2D eigenvalue weighted by molar-refractivity contribution is 5.87. The zero-order valence-electron chi connectivity index (χ0n) is 11.6. The van der Waals surface area contributed by atoms with Gasteiger partial charge < -0.3 is 9.84 Å². The molecule has 0 spiro atoms. The third-order valence-electron chi connectivity index (χ3n) is 2.20. The molecule has 1 amide bonds. The van der Waals surface area contributed by atoms with Crippen molar-refractivity contribution in [2.75, 3.05) is 5.32 Å². The van der Waals surface area contributed by atoms with E-state index in [1.165, 1.54) is 18.2 Å². The molecule has 1 aromatic rings. The van der Waals surface area contributed by atoms with Crippen LogP contribution in [0.3, 0.4) is 0 Å². The number of nitrogens with one attached hydrogen (secondary N) is 1. The number of hydrogen-bond acceptors (Lipinski definition) is 4. The summed E-state index contributed by atoms with van der Waals surface area (Å²) in [6, 6.07) is 6.38. The van der Waals surface area contributed by atoms with Crippen LogP contribution in [0.1, 0.15) is 31.9 Å². The summed E-state index contributed by atoms with van der Waals surface area (Å²) in [5.74, 6) is -0.988. The predicted molar refractivity (Wildman–Crippen MR) is 72.4 cm³/mol. The number of nitrogens with zero attached hydrogens (tertiary/aromatic N) is 1. The highest BCUT2D eigenvalue weighted by Gasteiger charge is 2.17. The number of carbonyl (C=O) groups excluding carboxylic acids is 1. The Balaban J connectivity index is 2.94. The molecule has 6 nitrogen and oxygen atoms in total. The Labute approximate surface area is 117 Å². The summed E-state index contributed by atoms with van der Waals surface area (Å²) < 4.78 is 5.09. The quantitative estimate of drug-likeness (QED) is 0.883. The van der Waals surface area contributed by atoms with Crippen molar-refractivity contribution in [2.24, 2.45) is 0 Å². The minimum absolute atomic E-state index is 0.186. The predicted octanol–water partition coefficient (Wildman–Crippen LogP) is 2.53. The van der Waals surface area contributed by atoms with Gasteiger partial charge in [-0.05, 0) is 38.5 Å². The number of carbonyl (C=O) groups is 2. The maximum absolute atomic E-state index is 11.7. The van der Waals surface area contributed by atoms with Crippen molar-refractivity contribution in [1.29, 1.82) is 5.26 Å². The first-order valence-electron chi connectivity index (χ1n) is 5.96. The molecule has 0 fully saturated rings. The molecule has 6 heteroatoms. The standard InChI is InChI=1S/C14H16N2O4/c1-14(2,3)20-13(19)16-11-6-9(7-12(17)18)4-5-10(11)8-15/h4-6H,7H2,1-3H3,(H,16,19)(H,17,18). The van der Waals surface area contributed by atoms with Gasteiger partial charge in [-0.25, -0.2) is 4.79 Å². The second kappa shape index (κ2) is 6.06. The van der Waals surface area contributed by atoms with Crippen LogP contribution in [0.15, 0.2) is 18.2 Å². The van der Waals surface area contributed by atoms with Crippen molar-refractivity contribution in [2.45, 2.75) is 32.8 Å². The number of hydrogen-bond donors (Lipinski definition) is 2. The second-order valence-corrected chi connectivity index (χ2v) is 5.19. The summed E-state index contributed by atoms with van der Waals surface area (Å²) in [6.45, 7) is 5.16. The summed E-state index contributed by atoms with van der Waals surface area (Å²) in [5, 5.41) is 20.2. The molecule has 0 aliphatic carbocycles. The van der Waals surface area contributed by atoms with Gasteiger partial charge in [0.2, 0.25) is 0 Å². The van der Waals surface area contributed by atoms with Gasteiger partial charge in [0.1, 0.15) is 11.7 Å². The van der Waals surface area contributed by atoms with E-state index in [2.05, 4.69) is 5.32 Å². The van der Waals surface area contributed by atoms with E-state index in [0.29, 0.717) is 5.56 Å². The molecule has 0 aliphatic heterocycles. The number of anilines is 1. The van der Waals surface area contributed by atoms with Crippen LogP contribution in [0.5, 0.6) is 0 Å². The number of aliphatic carboxylic acids is 1. The van der Waals surface area contributed by atoms with Gasteiger partial charge in [-0.1, -0.05) is 6.07 Å². The van der Waals surface area contributed by atoms with E-state index >= 15 is 0 Å². The molecule has 0 atom stereocenters. The fraction of sp³-hybridized carbons (Fsp3) is 0.357. The number of amides is 1. The van der Waals surface area contributed by atoms with Crippen LogP contribution in [-0.2, 0) is 16.0 Å². The van der Waals surface area contributed by atoms with Crippen molar-refractivity contribution < 1.29 is 19.4 Å². The lowest BCUT2D eigenvalue weighted by atomic mass is 10.1. The van der Waals surface area contributed by atoms with Crippen molar-refractivity contribution in [3.8, 4) is 6.07 Å². The molecule has 0 saturated carbocycles. The molecule has 0 aliphatic rings.